The van der Waals surface area contributed by atoms with Gasteiger partial charge in [-0.25, -0.2) is 4.98 Å². The van der Waals surface area contributed by atoms with E-state index in [0.29, 0.717) is 23.1 Å². The molecular formula is C23H30N4O3S. The van der Waals surface area contributed by atoms with Crippen LogP contribution in [0.25, 0.3) is 10.2 Å². The fraction of sp³-hybridized carbons (Fsp3) is 0.435. The number of rotatable bonds is 9. The Morgan fingerprint density at radius 2 is 1.90 bits per heavy atom. The first kappa shape index (κ1) is 23.1. The molecule has 8 heteroatoms. The second-order valence-electron chi connectivity index (χ2n) is 7.60. The summed E-state index contributed by atoms with van der Waals surface area (Å²) in [5.74, 6) is 0.878. The number of carbonyl (C=O) groups excluding carboxylic acids is 1. The predicted molar refractivity (Wildman–Crippen MR) is 124 cm³/mol. The minimum Gasteiger partial charge on any atom is -0.480 e. The molecule has 1 amide bonds. The molecule has 2 heterocycles. The molecule has 0 saturated heterocycles. The van der Waals surface area contributed by atoms with E-state index in [0.717, 1.165) is 22.2 Å². The van der Waals surface area contributed by atoms with Crippen LogP contribution in [0.5, 0.6) is 5.88 Å². The van der Waals surface area contributed by atoms with E-state index in [2.05, 4.69) is 51.4 Å². The third-order valence-corrected chi connectivity index (χ3v) is 6.51. The van der Waals surface area contributed by atoms with Crippen molar-refractivity contribution in [1.29, 1.82) is 0 Å². The number of fused-ring (bicyclic) bond motifs is 1. The molecule has 0 aliphatic rings. The molecule has 166 valence electrons. The molecule has 31 heavy (non-hydrogen) atoms. The second-order valence-corrected chi connectivity index (χ2v) is 8.60. The average molecular weight is 443 g/mol. The lowest BCUT2D eigenvalue weighted by Gasteiger charge is -2.25. The van der Waals surface area contributed by atoms with Crippen LogP contribution in [0.3, 0.4) is 0 Å². The van der Waals surface area contributed by atoms with Crippen molar-refractivity contribution in [3.63, 3.8) is 0 Å². The van der Waals surface area contributed by atoms with Gasteiger partial charge in [0.2, 0.25) is 5.88 Å². The van der Waals surface area contributed by atoms with Crippen LogP contribution in [-0.2, 0) is 17.8 Å². The minimum atomic E-state index is -0.118. The van der Waals surface area contributed by atoms with Gasteiger partial charge in [-0.15, -0.1) is 11.3 Å². The Bertz CT molecular complexity index is 1050. The molecule has 1 atom stereocenters. The number of thiophene rings is 1. The summed E-state index contributed by atoms with van der Waals surface area (Å²) < 4.78 is 10.6. The monoisotopic (exact) mass is 442 g/mol. The molecule has 0 aliphatic carbocycles. The van der Waals surface area contributed by atoms with Crippen molar-refractivity contribution in [2.24, 2.45) is 0 Å². The molecule has 1 N–H and O–H groups in total. The maximum atomic E-state index is 13.1. The van der Waals surface area contributed by atoms with Gasteiger partial charge in [0, 0.05) is 13.7 Å². The molecule has 2 aromatic heterocycles. The summed E-state index contributed by atoms with van der Waals surface area (Å²) in [7, 11) is 7.20. The van der Waals surface area contributed by atoms with Gasteiger partial charge in [0.25, 0.3) is 5.91 Å². The Hall–Kier alpha value is -2.55. The normalized spacial score (nSPS) is 12.4. The predicted octanol–water partition coefficient (Wildman–Crippen LogP) is 3.75. The van der Waals surface area contributed by atoms with Crippen molar-refractivity contribution in [2.75, 3.05) is 34.9 Å². The summed E-state index contributed by atoms with van der Waals surface area (Å²) in [6.45, 7) is 4.83. The Morgan fingerprint density at radius 1 is 1.19 bits per heavy atom. The number of amides is 1. The molecule has 1 unspecified atom stereocenters. The van der Waals surface area contributed by atoms with E-state index < -0.39 is 0 Å². The van der Waals surface area contributed by atoms with E-state index in [1.807, 2.05) is 21.0 Å². The number of nitrogens with zero attached hydrogens (tertiary/aromatic N) is 3. The van der Waals surface area contributed by atoms with E-state index in [1.165, 1.54) is 22.5 Å². The highest BCUT2D eigenvalue weighted by atomic mass is 32.1. The lowest BCUT2D eigenvalue weighted by atomic mass is 10.0. The molecule has 7 nitrogen and oxygen atoms in total. The lowest BCUT2D eigenvalue weighted by Crippen LogP contribution is -2.34. The number of benzene rings is 1. The van der Waals surface area contributed by atoms with Crippen LogP contribution in [0.4, 0.5) is 0 Å². The van der Waals surface area contributed by atoms with Gasteiger partial charge in [-0.05, 0) is 44.1 Å². The number of nitrogens with one attached hydrogen (secondary N) is 1. The maximum absolute atomic E-state index is 13.1. The minimum absolute atomic E-state index is 0.0761. The van der Waals surface area contributed by atoms with E-state index >= 15 is 0 Å². The van der Waals surface area contributed by atoms with E-state index in [9.17, 15) is 4.79 Å². The average Bonchev–Trinajstić information content (AvgIpc) is 3.10. The molecule has 0 fully saturated rings. The first-order valence-electron chi connectivity index (χ1n) is 10.3. The Balaban J connectivity index is 1.83. The molecule has 0 radical (unpaired) electrons. The highest BCUT2D eigenvalue weighted by molar-refractivity contribution is 7.20. The first-order valence-corrected chi connectivity index (χ1v) is 11.1. The number of methoxy groups -OCH3 is 2. The molecule has 3 rings (SSSR count). The lowest BCUT2D eigenvalue weighted by molar-refractivity contribution is 0.0945. The summed E-state index contributed by atoms with van der Waals surface area (Å²) in [6, 6.07) is 8.64. The van der Waals surface area contributed by atoms with Crippen LogP contribution in [0.1, 0.15) is 45.2 Å². The number of aryl methyl sites for hydroxylation is 2. The Labute approximate surface area is 187 Å². The van der Waals surface area contributed by atoms with Crippen molar-refractivity contribution >= 4 is 27.5 Å². The number of carbonyl (C=O) groups is 1. The summed E-state index contributed by atoms with van der Waals surface area (Å²) in [6.07, 6.45) is 1.01. The Morgan fingerprint density at radius 3 is 2.48 bits per heavy atom. The van der Waals surface area contributed by atoms with Gasteiger partial charge in [-0.2, -0.15) is 4.98 Å². The topological polar surface area (TPSA) is 76.6 Å². The number of likely N-dealkylation sites (N-methyl/N-ethyl adjacent to an activating group) is 1. The third kappa shape index (κ3) is 5.03. The summed E-state index contributed by atoms with van der Waals surface area (Å²) >= 11 is 1.35. The molecular weight excluding hydrogens is 412 g/mol. The van der Waals surface area contributed by atoms with Crippen LogP contribution in [0.2, 0.25) is 0 Å². The van der Waals surface area contributed by atoms with Crippen molar-refractivity contribution in [1.82, 2.24) is 20.2 Å². The van der Waals surface area contributed by atoms with Gasteiger partial charge in [0.05, 0.1) is 23.4 Å². The maximum Gasteiger partial charge on any atom is 0.261 e. The highest BCUT2D eigenvalue weighted by Crippen LogP contribution is 2.35. The van der Waals surface area contributed by atoms with Crippen molar-refractivity contribution < 1.29 is 14.3 Å². The largest absolute Gasteiger partial charge is 0.480 e. The second kappa shape index (κ2) is 10.2. The molecule has 0 aliphatic heterocycles. The van der Waals surface area contributed by atoms with Crippen molar-refractivity contribution in [2.45, 2.75) is 32.9 Å². The van der Waals surface area contributed by atoms with E-state index in [4.69, 9.17) is 9.47 Å². The molecule has 0 spiro atoms. The molecule has 1 aromatic carbocycles. The van der Waals surface area contributed by atoms with E-state index in [1.54, 1.807) is 14.2 Å². The number of hydrogen-bond donors (Lipinski definition) is 1. The molecule has 0 bridgehead atoms. The fourth-order valence-electron chi connectivity index (χ4n) is 3.55. The first-order chi connectivity index (χ1) is 14.9. The fourth-order valence-corrected chi connectivity index (χ4v) is 4.65. The van der Waals surface area contributed by atoms with Crippen LogP contribution >= 0.6 is 11.3 Å². The number of aromatic nitrogens is 2. The standard InChI is InChI=1S/C23H30N4O3S/c1-7-15-8-10-16(11-9-15)17(27(3)4)12-24-21(28)20-14(2)19-22(30-6)25-18(13-29-5)26-23(19)31-20/h8-11,17H,7,12-13H2,1-6H3,(H,24,28). The van der Waals surface area contributed by atoms with Crippen molar-refractivity contribution in [3.05, 3.63) is 51.7 Å². The molecule has 3 aromatic rings. The summed E-state index contributed by atoms with van der Waals surface area (Å²) in [5, 5.41) is 3.88. The third-order valence-electron chi connectivity index (χ3n) is 5.33. The van der Waals surface area contributed by atoms with Crippen LogP contribution in [0, 0.1) is 6.92 Å². The van der Waals surface area contributed by atoms with Crippen LogP contribution in [0.15, 0.2) is 24.3 Å². The van der Waals surface area contributed by atoms with Gasteiger partial charge in [0.1, 0.15) is 11.4 Å². The summed E-state index contributed by atoms with van der Waals surface area (Å²) in [4.78, 5) is 25.5. The zero-order valence-corrected chi connectivity index (χ0v) is 19.8. The number of hydrogen-bond acceptors (Lipinski definition) is 7. The zero-order chi connectivity index (χ0) is 22.5. The number of ether oxygens (including phenoxy) is 2. The van der Waals surface area contributed by atoms with Gasteiger partial charge in [-0.1, -0.05) is 31.2 Å². The van der Waals surface area contributed by atoms with Crippen molar-refractivity contribution in [3.8, 4) is 5.88 Å². The quantitative estimate of drug-likeness (QED) is 0.544. The zero-order valence-electron chi connectivity index (χ0n) is 19.0. The SMILES string of the molecule is CCc1ccc(C(CNC(=O)c2sc3nc(COC)nc(OC)c3c2C)N(C)C)cc1. The molecule has 0 saturated carbocycles. The van der Waals surface area contributed by atoms with Gasteiger partial charge >= 0.3 is 0 Å². The van der Waals surface area contributed by atoms with Crippen LogP contribution in [-0.4, -0.2) is 55.6 Å². The smallest absolute Gasteiger partial charge is 0.261 e. The van der Waals surface area contributed by atoms with Gasteiger partial charge in [-0.3, -0.25) is 4.79 Å². The Kier molecular flexibility index (Phi) is 7.59. The van der Waals surface area contributed by atoms with Gasteiger partial charge in [0.15, 0.2) is 5.82 Å². The summed E-state index contributed by atoms with van der Waals surface area (Å²) in [5.41, 5.74) is 3.30. The highest BCUT2D eigenvalue weighted by Gasteiger charge is 2.22. The van der Waals surface area contributed by atoms with Gasteiger partial charge < -0.3 is 19.7 Å². The van der Waals surface area contributed by atoms with Crippen LogP contribution < -0.4 is 10.1 Å². The van der Waals surface area contributed by atoms with E-state index in [-0.39, 0.29) is 18.6 Å².